The Morgan fingerprint density at radius 2 is 2.05 bits per heavy atom. The summed E-state index contributed by atoms with van der Waals surface area (Å²) in [4.78, 5) is 6.53. The number of benzene rings is 1. The second kappa shape index (κ2) is 11.4. The molecule has 0 bridgehead atoms. The third-order valence-corrected chi connectivity index (χ3v) is 3.15. The predicted octanol–water partition coefficient (Wildman–Crippen LogP) is 2.79. The minimum absolute atomic E-state index is 0. The van der Waals surface area contributed by atoms with Crippen molar-refractivity contribution in [2.24, 2.45) is 4.99 Å². The van der Waals surface area contributed by atoms with E-state index < -0.39 is 0 Å². The van der Waals surface area contributed by atoms with E-state index in [1.807, 2.05) is 6.08 Å². The molecule has 4 nitrogen and oxygen atoms in total. The molecule has 1 rings (SSSR count). The zero-order valence-corrected chi connectivity index (χ0v) is 15.6. The summed E-state index contributed by atoms with van der Waals surface area (Å²) in [6, 6.07) is 8.48. The number of nitrogens with zero attached hydrogens (tertiary/aromatic N) is 2. The fraction of sp³-hybridized carbons (Fsp3) is 0.438. The topological polar surface area (TPSA) is 39.7 Å². The molecule has 0 aliphatic carbocycles. The Morgan fingerprint density at radius 1 is 1.33 bits per heavy atom. The van der Waals surface area contributed by atoms with Crippen molar-refractivity contribution in [3.05, 3.63) is 42.5 Å². The molecule has 0 amide bonds. The molecule has 0 fully saturated rings. The largest absolute Gasteiger partial charge is 0.370 e. The molecule has 1 aromatic rings. The number of nitrogens with one attached hydrogen (secondary N) is 2. The monoisotopic (exact) mass is 402 g/mol. The van der Waals surface area contributed by atoms with Gasteiger partial charge in [-0.15, -0.1) is 30.6 Å². The zero-order valence-electron chi connectivity index (χ0n) is 13.2. The third kappa shape index (κ3) is 6.84. The average molecular weight is 402 g/mol. The molecule has 0 atom stereocenters. The van der Waals surface area contributed by atoms with Crippen LogP contribution in [0.25, 0.3) is 0 Å². The van der Waals surface area contributed by atoms with Crippen LogP contribution in [0.4, 0.5) is 5.69 Å². The smallest absolute Gasteiger partial charge is 0.191 e. The van der Waals surface area contributed by atoms with Crippen LogP contribution in [0.2, 0.25) is 0 Å². The van der Waals surface area contributed by atoms with Crippen LogP contribution in [0.1, 0.15) is 12.5 Å². The molecule has 0 aromatic heterocycles. The standard InChI is InChI=1S/C16H26N4.HI/c1-5-11-18-16(17-4)19-12-13-20(6-2)15-10-8-7-9-14(15)3;/h5,7-10H,1,6,11-13H2,2-4H3,(H2,17,18,19);1H. The van der Waals surface area contributed by atoms with Crippen LogP contribution in [0.5, 0.6) is 0 Å². The molecular formula is C16H27IN4. The first-order chi connectivity index (χ1) is 9.72. The maximum Gasteiger partial charge on any atom is 0.191 e. The summed E-state index contributed by atoms with van der Waals surface area (Å²) in [5, 5.41) is 6.47. The number of rotatable bonds is 7. The molecule has 0 heterocycles. The lowest BCUT2D eigenvalue weighted by Crippen LogP contribution is -2.41. The summed E-state index contributed by atoms with van der Waals surface area (Å²) in [5.41, 5.74) is 2.61. The van der Waals surface area contributed by atoms with Gasteiger partial charge in [0.15, 0.2) is 5.96 Å². The van der Waals surface area contributed by atoms with Crippen LogP contribution in [0.3, 0.4) is 0 Å². The van der Waals surface area contributed by atoms with Gasteiger partial charge in [0.05, 0.1) is 0 Å². The van der Waals surface area contributed by atoms with E-state index in [2.05, 4.69) is 65.2 Å². The van der Waals surface area contributed by atoms with E-state index in [0.29, 0.717) is 0 Å². The minimum Gasteiger partial charge on any atom is -0.370 e. The number of anilines is 1. The molecule has 5 heteroatoms. The lowest BCUT2D eigenvalue weighted by molar-refractivity contribution is 0.758. The number of halogens is 1. The molecule has 0 aliphatic rings. The molecule has 0 unspecified atom stereocenters. The van der Waals surface area contributed by atoms with Gasteiger partial charge < -0.3 is 15.5 Å². The number of hydrogen-bond donors (Lipinski definition) is 2. The van der Waals surface area contributed by atoms with Gasteiger partial charge in [-0.1, -0.05) is 24.3 Å². The molecule has 21 heavy (non-hydrogen) atoms. The van der Waals surface area contributed by atoms with Crippen molar-refractivity contribution >= 4 is 35.6 Å². The number of hydrogen-bond acceptors (Lipinski definition) is 2. The highest BCUT2D eigenvalue weighted by Gasteiger charge is 2.06. The van der Waals surface area contributed by atoms with Gasteiger partial charge in [0.25, 0.3) is 0 Å². The number of aliphatic imine (C=N–C) groups is 1. The van der Waals surface area contributed by atoms with Crippen molar-refractivity contribution < 1.29 is 0 Å². The van der Waals surface area contributed by atoms with Gasteiger partial charge in [-0.25, -0.2) is 0 Å². The van der Waals surface area contributed by atoms with Crippen LogP contribution in [0, 0.1) is 6.92 Å². The first kappa shape index (κ1) is 19.8. The molecule has 0 saturated heterocycles. The van der Waals surface area contributed by atoms with Gasteiger partial charge in [-0.05, 0) is 25.5 Å². The maximum absolute atomic E-state index is 4.17. The van der Waals surface area contributed by atoms with E-state index in [0.717, 1.165) is 32.1 Å². The van der Waals surface area contributed by atoms with Gasteiger partial charge in [0.1, 0.15) is 0 Å². The number of aryl methyl sites for hydroxylation is 1. The second-order valence-electron chi connectivity index (χ2n) is 4.53. The Balaban J connectivity index is 0.00000400. The lowest BCUT2D eigenvalue weighted by Gasteiger charge is -2.25. The van der Waals surface area contributed by atoms with Crippen molar-refractivity contribution in [3.8, 4) is 0 Å². The van der Waals surface area contributed by atoms with Crippen molar-refractivity contribution in [2.45, 2.75) is 13.8 Å². The van der Waals surface area contributed by atoms with Gasteiger partial charge in [-0.2, -0.15) is 0 Å². The normalized spacial score (nSPS) is 10.5. The van der Waals surface area contributed by atoms with Crippen LogP contribution >= 0.6 is 24.0 Å². The summed E-state index contributed by atoms with van der Waals surface area (Å²) in [6.45, 7) is 11.5. The van der Waals surface area contributed by atoms with Gasteiger partial charge in [-0.3, -0.25) is 4.99 Å². The quantitative estimate of drug-likeness (QED) is 0.319. The molecule has 2 N–H and O–H groups in total. The van der Waals surface area contributed by atoms with E-state index >= 15 is 0 Å². The zero-order chi connectivity index (χ0) is 14.8. The summed E-state index contributed by atoms with van der Waals surface area (Å²) in [7, 11) is 1.78. The fourth-order valence-electron chi connectivity index (χ4n) is 2.07. The minimum atomic E-state index is 0. The van der Waals surface area contributed by atoms with Crippen molar-refractivity contribution in [3.63, 3.8) is 0 Å². The summed E-state index contributed by atoms with van der Waals surface area (Å²) >= 11 is 0. The Hall–Kier alpha value is -1.24. The van der Waals surface area contributed by atoms with Crippen molar-refractivity contribution in [2.75, 3.05) is 38.1 Å². The molecule has 0 saturated carbocycles. The van der Waals surface area contributed by atoms with Gasteiger partial charge in [0.2, 0.25) is 0 Å². The first-order valence-electron chi connectivity index (χ1n) is 7.08. The van der Waals surface area contributed by atoms with Gasteiger partial charge >= 0.3 is 0 Å². The molecule has 118 valence electrons. The van der Waals surface area contributed by atoms with E-state index in [1.165, 1.54) is 11.3 Å². The fourth-order valence-corrected chi connectivity index (χ4v) is 2.07. The molecular weight excluding hydrogens is 375 g/mol. The summed E-state index contributed by atoms with van der Waals surface area (Å²) < 4.78 is 0. The Labute approximate surface area is 145 Å². The van der Waals surface area contributed by atoms with Crippen molar-refractivity contribution in [1.29, 1.82) is 0 Å². The molecule has 0 spiro atoms. The molecule has 1 aromatic carbocycles. The average Bonchev–Trinajstić information content (AvgIpc) is 2.48. The maximum atomic E-state index is 4.17. The van der Waals surface area contributed by atoms with Crippen LogP contribution in [-0.4, -0.2) is 39.2 Å². The number of guanidine groups is 1. The van der Waals surface area contributed by atoms with Crippen LogP contribution < -0.4 is 15.5 Å². The number of likely N-dealkylation sites (N-methyl/N-ethyl adjacent to an activating group) is 1. The number of para-hydroxylation sites is 1. The third-order valence-electron chi connectivity index (χ3n) is 3.15. The van der Waals surface area contributed by atoms with Crippen molar-refractivity contribution in [1.82, 2.24) is 10.6 Å². The van der Waals surface area contributed by atoms with Crippen LogP contribution in [0.15, 0.2) is 41.9 Å². The highest BCUT2D eigenvalue weighted by Crippen LogP contribution is 2.18. The Bertz CT molecular complexity index is 446. The van der Waals surface area contributed by atoms with Crippen LogP contribution in [-0.2, 0) is 0 Å². The Morgan fingerprint density at radius 3 is 2.62 bits per heavy atom. The second-order valence-corrected chi connectivity index (χ2v) is 4.53. The molecule has 0 radical (unpaired) electrons. The van der Waals surface area contributed by atoms with E-state index in [1.54, 1.807) is 7.05 Å². The van der Waals surface area contributed by atoms with E-state index in [4.69, 9.17) is 0 Å². The first-order valence-corrected chi connectivity index (χ1v) is 7.08. The summed E-state index contributed by atoms with van der Waals surface area (Å²) in [5.74, 6) is 0.811. The van der Waals surface area contributed by atoms with E-state index in [-0.39, 0.29) is 24.0 Å². The Kier molecular flexibility index (Phi) is 10.7. The highest BCUT2D eigenvalue weighted by atomic mass is 127. The highest BCUT2D eigenvalue weighted by molar-refractivity contribution is 14.0. The SMILES string of the molecule is C=CCNC(=NC)NCCN(CC)c1ccccc1C.I. The lowest BCUT2D eigenvalue weighted by atomic mass is 10.2. The summed E-state index contributed by atoms with van der Waals surface area (Å²) in [6.07, 6.45) is 1.82. The van der Waals surface area contributed by atoms with E-state index in [9.17, 15) is 0 Å². The predicted molar refractivity (Wildman–Crippen MR) is 104 cm³/mol. The molecule has 0 aliphatic heterocycles. The van der Waals surface area contributed by atoms with Gasteiger partial charge in [0, 0.05) is 38.9 Å².